The van der Waals surface area contributed by atoms with Gasteiger partial charge in [0, 0.05) is 11.3 Å². The average Bonchev–Trinajstić information content (AvgIpc) is 2.68. The molecule has 22 heavy (non-hydrogen) atoms. The first kappa shape index (κ1) is 16.5. The molecule has 0 saturated heterocycles. The molecule has 3 amide bonds. The summed E-state index contributed by atoms with van der Waals surface area (Å²) in [6, 6.07) is 4.74. The Hall–Kier alpha value is -1.89. The molecule has 1 aromatic rings. The highest BCUT2D eigenvalue weighted by Crippen LogP contribution is 2.36. The molecular weight excluding hydrogens is 304 g/mol. The number of nitrogens with two attached hydrogens (primary N) is 1. The third kappa shape index (κ3) is 4.30. The summed E-state index contributed by atoms with van der Waals surface area (Å²) in [4.78, 5) is 23.8. The Labute approximate surface area is 133 Å². The summed E-state index contributed by atoms with van der Waals surface area (Å²) in [6.45, 7) is 5.08. The summed E-state index contributed by atoms with van der Waals surface area (Å²) in [6.07, 6.45) is 0.840. The lowest BCUT2D eigenvalue weighted by molar-refractivity contribution is -0.120. The first-order chi connectivity index (χ1) is 10.5. The largest absolute Gasteiger partial charge is 0.490 e. The average molecular weight is 324 g/mol. The van der Waals surface area contributed by atoms with Crippen molar-refractivity contribution in [3.05, 3.63) is 18.2 Å². The molecule has 1 atom stereocenters. The van der Waals surface area contributed by atoms with Crippen LogP contribution in [0.4, 0.5) is 4.79 Å². The zero-order valence-electron chi connectivity index (χ0n) is 12.6. The number of urea groups is 1. The van der Waals surface area contributed by atoms with Crippen LogP contribution in [0.3, 0.4) is 0 Å². The summed E-state index contributed by atoms with van der Waals surface area (Å²) in [5.41, 5.74) is 5.02. The van der Waals surface area contributed by atoms with E-state index < -0.39 is 11.3 Å². The number of benzene rings is 1. The van der Waals surface area contributed by atoms with Gasteiger partial charge in [0.15, 0.2) is 11.5 Å². The number of carbonyl (C=O) groups is 2. The molecule has 0 aliphatic carbocycles. The van der Waals surface area contributed by atoms with Crippen molar-refractivity contribution in [3.63, 3.8) is 0 Å². The van der Waals surface area contributed by atoms with Crippen molar-refractivity contribution in [1.82, 2.24) is 5.32 Å². The van der Waals surface area contributed by atoms with Gasteiger partial charge in [-0.2, -0.15) is 0 Å². The van der Waals surface area contributed by atoms with Gasteiger partial charge < -0.3 is 15.2 Å². The third-order valence-electron chi connectivity index (χ3n) is 3.09. The van der Waals surface area contributed by atoms with Gasteiger partial charge in [-0.15, -0.1) is 11.8 Å². The number of imide groups is 1. The van der Waals surface area contributed by atoms with Crippen molar-refractivity contribution in [2.45, 2.75) is 30.4 Å². The normalized spacial score (nSPS) is 15.0. The zero-order chi connectivity index (χ0) is 16.1. The van der Waals surface area contributed by atoms with Crippen LogP contribution in [0.25, 0.3) is 0 Å². The second kappa shape index (κ2) is 7.40. The van der Waals surface area contributed by atoms with Crippen LogP contribution in [0.5, 0.6) is 11.5 Å². The van der Waals surface area contributed by atoms with Crippen LogP contribution in [-0.2, 0) is 4.79 Å². The van der Waals surface area contributed by atoms with E-state index in [1.807, 2.05) is 32.0 Å². The van der Waals surface area contributed by atoms with Crippen LogP contribution < -0.4 is 20.5 Å². The van der Waals surface area contributed by atoms with Gasteiger partial charge in [-0.05, 0) is 24.1 Å². The predicted molar refractivity (Wildman–Crippen MR) is 84.3 cm³/mol. The standard InChI is InChI=1S/C15H20N2O4S/c1-9(2)13(14(18)17-15(16)19)22-10-4-5-11-12(8-10)21-7-3-6-20-11/h4-5,8-9,13H,3,6-7H2,1-2H3,(H3,16,17,18,19)/t13-/m1/s1. The van der Waals surface area contributed by atoms with Crippen LogP contribution in [0.1, 0.15) is 20.3 Å². The molecule has 1 aromatic carbocycles. The molecule has 0 saturated carbocycles. The molecule has 1 heterocycles. The summed E-state index contributed by atoms with van der Waals surface area (Å²) >= 11 is 1.37. The highest BCUT2D eigenvalue weighted by Gasteiger charge is 2.25. The topological polar surface area (TPSA) is 90.7 Å². The van der Waals surface area contributed by atoms with E-state index in [4.69, 9.17) is 15.2 Å². The van der Waals surface area contributed by atoms with E-state index in [2.05, 4.69) is 5.32 Å². The number of rotatable bonds is 4. The number of fused-ring (bicyclic) bond motifs is 1. The Morgan fingerprint density at radius 2 is 1.91 bits per heavy atom. The maximum Gasteiger partial charge on any atom is 0.318 e. The Balaban J connectivity index is 2.14. The molecule has 6 nitrogen and oxygen atoms in total. The number of amides is 3. The van der Waals surface area contributed by atoms with Crippen LogP contribution >= 0.6 is 11.8 Å². The van der Waals surface area contributed by atoms with Gasteiger partial charge in [0.2, 0.25) is 5.91 Å². The fraction of sp³-hybridized carbons (Fsp3) is 0.467. The van der Waals surface area contributed by atoms with Crippen molar-refractivity contribution in [1.29, 1.82) is 0 Å². The van der Waals surface area contributed by atoms with Gasteiger partial charge >= 0.3 is 6.03 Å². The molecule has 0 bridgehead atoms. The first-order valence-electron chi connectivity index (χ1n) is 7.14. The quantitative estimate of drug-likeness (QED) is 0.828. The maximum absolute atomic E-state index is 12.1. The van der Waals surface area contributed by atoms with E-state index in [0.29, 0.717) is 24.7 Å². The Morgan fingerprint density at radius 3 is 2.55 bits per heavy atom. The predicted octanol–water partition coefficient (Wildman–Crippen LogP) is 2.16. The van der Waals surface area contributed by atoms with Gasteiger partial charge in [0.25, 0.3) is 0 Å². The van der Waals surface area contributed by atoms with E-state index >= 15 is 0 Å². The van der Waals surface area contributed by atoms with Crippen LogP contribution in [0, 0.1) is 5.92 Å². The van der Waals surface area contributed by atoms with E-state index in [1.165, 1.54) is 11.8 Å². The number of carbonyl (C=O) groups excluding carboxylic acids is 2. The lowest BCUT2D eigenvalue weighted by Crippen LogP contribution is -2.42. The first-order valence-corrected chi connectivity index (χ1v) is 8.02. The zero-order valence-corrected chi connectivity index (χ0v) is 13.4. The fourth-order valence-corrected chi connectivity index (χ4v) is 3.10. The highest BCUT2D eigenvalue weighted by atomic mass is 32.2. The molecule has 2 rings (SSSR count). The molecule has 1 aliphatic rings. The third-order valence-corrected chi connectivity index (χ3v) is 4.63. The van der Waals surface area contributed by atoms with Crippen molar-refractivity contribution in [3.8, 4) is 11.5 Å². The summed E-state index contributed by atoms with van der Waals surface area (Å²) < 4.78 is 11.2. The Morgan fingerprint density at radius 1 is 1.23 bits per heavy atom. The van der Waals surface area contributed by atoms with Gasteiger partial charge in [-0.3, -0.25) is 10.1 Å². The van der Waals surface area contributed by atoms with E-state index in [-0.39, 0.29) is 11.8 Å². The van der Waals surface area contributed by atoms with Crippen LogP contribution in [0.2, 0.25) is 0 Å². The molecule has 7 heteroatoms. The molecule has 1 aliphatic heterocycles. The summed E-state index contributed by atoms with van der Waals surface area (Å²) in [7, 11) is 0. The minimum atomic E-state index is -0.838. The summed E-state index contributed by atoms with van der Waals surface area (Å²) in [5, 5.41) is 1.72. The van der Waals surface area contributed by atoms with Crippen molar-refractivity contribution in [2.75, 3.05) is 13.2 Å². The lowest BCUT2D eigenvalue weighted by Gasteiger charge is -2.19. The second-order valence-electron chi connectivity index (χ2n) is 5.29. The van der Waals surface area contributed by atoms with Crippen LogP contribution in [0.15, 0.2) is 23.1 Å². The number of ether oxygens (including phenoxy) is 2. The number of hydrogen-bond acceptors (Lipinski definition) is 5. The number of hydrogen-bond donors (Lipinski definition) is 2. The number of thioether (sulfide) groups is 1. The van der Waals surface area contributed by atoms with Crippen LogP contribution in [-0.4, -0.2) is 30.4 Å². The molecule has 0 spiro atoms. The maximum atomic E-state index is 12.1. The van der Waals surface area contributed by atoms with Crippen molar-refractivity contribution >= 4 is 23.7 Å². The van der Waals surface area contributed by atoms with Crippen molar-refractivity contribution < 1.29 is 19.1 Å². The SMILES string of the molecule is CC(C)[C@@H](Sc1ccc2c(c1)OCCCO2)C(=O)NC(N)=O. The molecular formula is C15H20N2O4S. The minimum absolute atomic E-state index is 0.0420. The minimum Gasteiger partial charge on any atom is -0.490 e. The Kier molecular flexibility index (Phi) is 5.54. The molecule has 0 radical (unpaired) electrons. The smallest absolute Gasteiger partial charge is 0.318 e. The summed E-state index contributed by atoms with van der Waals surface area (Å²) in [5.74, 6) is 1.05. The molecule has 0 aromatic heterocycles. The van der Waals surface area contributed by atoms with E-state index in [9.17, 15) is 9.59 Å². The fourth-order valence-electron chi connectivity index (χ4n) is 2.05. The molecule has 120 valence electrons. The van der Waals surface area contributed by atoms with Gasteiger partial charge in [0.1, 0.15) is 0 Å². The van der Waals surface area contributed by atoms with Gasteiger partial charge in [0.05, 0.1) is 18.5 Å². The van der Waals surface area contributed by atoms with Gasteiger partial charge in [-0.1, -0.05) is 13.8 Å². The van der Waals surface area contributed by atoms with E-state index in [0.717, 1.165) is 11.3 Å². The van der Waals surface area contributed by atoms with Crippen molar-refractivity contribution in [2.24, 2.45) is 11.7 Å². The molecule has 3 N–H and O–H groups in total. The molecule has 0 fully saturated rings. The number of primary amides is 1. The number of nitrogens with one attached hydrogen (secondary N) is 1. The monoisotopic (exact) mass is 324 g/mol. The Bertz CT molecular complexity index is 562. The van der Waals surface area contributed by atoms with Gasteiger partial charge in [-0.25, -0.2) is 4.79 Å². The highest BCUT2D eigenvalue weighted by molar-refractivity contribution is 8.00. The van der Waals surface area contributed by atoms with E-state index in [1.54, 1.807) is 0 Å². The second-order valence-corrected chi connectivity index (χ2v) is 6.51. The molecule has 0 unspecified atom stereocenters. The lowest BCUT2D eigenvalue weighted by atomic mass is 10.1.